The quantitative estimate of drug-likeness (QED) is 0.197. The van der Waals surface area contributed by atoms with Crippen molar-refractivity contribution in [2.75, 3.05) is 14.2 Å². The zero-order chi connectivity index (χ0) is 28.8. The molecule has 1 heterocycles. The Morgan fingerprint density at radius 3 is 1.33 bits per heavy atom. The second-order valence-electron chi connectivity index (χ2n) is 10.00. The highest BCUT2D eigenvalue weighted by molar-refractivity contribution is 8.00. The summed E-state index contributed by atoms with van der Waals surface area (Å²) in [6.45, 7) is 0. The fourth-order valence-corrected chi connectivity index (χ4v) is 6.56. The second-order valence-corrected chi connectivity index (χ2v) is 11.0. The lowest BCUT2D eigenvalue weighted by molar-refractivity contribution is 0.0592. The van der Waals surface area contributed by atoms with Crippen molar-refractivity contribution in [3.63, 3.8) is 0 Å². The predicted octanol–water partition coefficient (Wildman–Crippen LogP) is 9.16. The zero-order valence-electron chi connectivity index (χ0n) is 22.8. The van der Waals surface area contributed by atoms with Gasteiger partial charge in [0.25, 0.3) is 0 Å². The fourth-order valence-electron chi connectivity index (χ4n) is 5.35. The van der Waals surface area contributed by atoms with Crippen LogP contribution in [0.3, 0.4) is 0 Å². The van der Waals surface area contributed by atoms with Crippen LogP contribution < -0.4 is 4.74 Å². The van der Waals surface area contributed by atoms with Crippen LogP contribution in [0.5, 0.6) is 11.5 Å². The Morgan fingerprint density at radius 1 is 0.524 bits per heavy atom. The van der Waals surface area contributed by atoms with E-state index in [1.54, 1.807) is 36.0 Å². The Bertz CT molecular complexity index is 1880. The Balaban J connectivity index is 1.22. The summed E-state index contributed by atoms with van der Waals surface area (Å²) in [5.41, 5.74) is 5.24. The smallest absolute Gasteiger partial charge is 0.337 e. The molecular formula is C36H24O5S. The van der Waals surface area contributed by atoms with Crippen molar-refractivity contribution in [3.8, 4) is 33.8 Å². The molecule has 0 atom stereocenters. The van der Waals surface area contributed by atoms with Crippen molar-refractivity contribution < 1.29 is 23.8 Å². The van der Waals surface area contributed by atoms with Gasteiger partial charge in [-0.25, -0.2) is 9.59 Å². The summed E-state index contributed by atoms with van der Waals surface area (Å²) in [6, 6.07) is 35.9. The van der Waals surface area contributed by atoms with Gasteiger partial charge in [-0.15, -0.1) is 0 Å². The van der Waals surface area contributed by atoms with E-state index in [9.17, 15) is 9.59 Å². The van der Waals surface area contributed by atoms with Gasteiger partial charge >= 0.3 is 11.9 Å². The van der Waals surface area contributed by atoms with Crippen LogP contribution in [0.25, 0.3) is 43.8 Å². The third-order valence-corrected chi connectivity index (χ3v) is 8.82. The molecule has 0 radical (unpaired) electrons. The van der Waals surface area contributed by atoms with E-state index >= 15 is 0 Å². The first kappa shape index (κ1) is 25.9. The third-order valence-electron chi connectivity index (χ3n) is 7.57. The van der Waals surface area contributed by atoms with Gasteiger partial charge in [-0.3, -0.25) is 0 Å². The third kappa shape index (κ3) is 4.46. The molecule has 0 saturated carbocycles. The molecule has 42 heavy (non-hydrogen) atoms. The van der Waals surface area contributed by atoms with Gasteiger partial charge in [-0.05, 0) is 92.3 Å². The Hall–Kier alpha value is -5.07. The summed E-state index contributed by atoms with van der Waals surface area (Å²) >= 11 is 1.73. The van der Waals surface area contributed by atoms with Crippen molar-refractivity contribution in [2.45, 2.75) is 9.79 Å². The number of benzene rings is 6. The number of methoxy groups -OCH3 is 2. The lowest BCUT2D eigenvalue weighted by Crippen LogP contribution is -2.00. The van der Waals surface area contributed by atoms with Crippen molar-refractivity contribution in [1.82, 2.24) is 0 Å². The van der Waals surface area contributed by atoms with E-state index in [2.05, 4.69) is 48.5 Å². The average Bonchev–Trinajstić information content (AvgIpc) is 3.06. The minimum Gasteiger partial charge on any atom is -0.465 e. The highest BCUT2D eigenvalue weighted by Crippen LogP contribution is 2.52. The number of carbonyl (C=O) groups excluding carboxylic acids is 2. The number of hydrogen-bond donors (Lipinski definition) is 0. The van der Waals surface area contributed by atoms with Crippen molar-refractivity contribution in [1.29, 1.82) is 0 Å². The molecule has 0 fully saturated rings. The fraction of sp³-hybridized carbons (Fsp3) is 0.0556. The Morgan fingerprint density at radius 2 is 0.929 bits per heavy atom. The molecule has 0 unspecified atom stereocenters. The van der Waals surface area contributed by atoms with E-state index in [1.165, 1.54) is 14.2 Å². The first-order chi connectivity index (χ1) is 20.5. The standard InChI is InChI=1S/C36H24O5S/c1-39-35(37)23-7-3-21(4-8-23)25-11-15-29-27(19-25)13-17-31-33(29)42-34-30-16-12-26(20-28(30)14-18-32(34)41-31)22-5-9-24(10-6-22)36(38)40-2/h3-20H,1-2H3. The van der Waals surface area contributed by atoms with Crippen LogP contribution in [0.15, 0.2) is 119 Å². The molecule has 0 N–H and O–H groups in total. The van der Waals surface area contributed by atoms with E-state index in [-0.39, 0.29) is 11.9 Å². The minimum absolute atomic E-state index is 0.345. The average molecular weight is 569 g/mol. The molecule has 0 saturated heterocycles. The molecule has 5 nitrogen and oxygen atoms in total. The molecule has 0 spiro atoms. The van der Waals surface area contributed by atoms with Gasteiger partial charge in [0.1, 0.15) is 11.5 Å². The molecular weight excluding hydrogens is 544 g/mol. The maximum absolute atomic E-state index is 11.8. The van der Waals surface area contributed by atoms with Crippen molar-refractivity contribution >= 4 is 45.2 Å². The maximum atomic E-state index is 11.8. The first-order valence-corrected chi connectivity index (χ1v) is 14.2. The van der Waals surface area contributed by atoms with Crippen LogP contribution in [0.1, 0.15) is 20.7 Å². The summed E-state index contributed by atoms with van der Waals surface area (Å²) in [7, 11) is 2.77. The lowest BCUT2D eigenvalue weighted by Gasteiger charge is -2.23. The number of ether oxygens (including phenoxy) is 3. The van der Waals surface area contributed by atoms with Gasteiger partial charge in [0.2, 0.25) is 0 Å². The normalized spacial score (nSPS) is 11.9. The van der Waals surface area contributed by atoms with Crippen LogP contribution in [0, 0.1) is 0 Å². The van der Waals surface area contributed by atoms with Gasteiger partial charge in [0.05, 0.1) is 35.1 Å². The van der Waals surface area contributed by atoms with E-state index in [1.807, 2.05) is 36.4 Å². The Kier molecular flexibility index (Phi) is 6.40. The van der Waals surface area contributed by atoms with Crippen LogP contribution >= 0.6 is 11.8 Å². The molecule has 6 aromatic rings. The molecule has 1 aliphatic heterocycles. The van der Waals surface area contributed by atoms with Gasteiger partial charge in [0.15, 0.2) is 0 Å². The number of esters is 2. The summed E-state index contributed by atoms with van der Waals surface area (Å²) in [4.78, 5) is 25.8. The number of rotatable bonds is 4. The molecule has 7 rings (SSSR count). The number of fused-ring (bicyclic) bond motifs is 6. The SMILES string of the molecule is COC(=O)c1ccc(-c2ccc3c4c(ccc3c2)Oc2ccc3cc(-c5ccc(C(=O)OC)cc5)ccc3c2S4)cc1. The molecule has 0 bridgehead atoms. The molecule has 0 aromatic heterocycles. The Labute approximate surface area is 246 Å². The van der Waals surface area contributed by atoms with E-state index in [0.29, 0.717) is 11.1 Å². The highest BCUT2D eigenvalue weighted by Gasteiger charge is 2.22. The van der Waals surface area contributed by atoms with E-state index in [0.717, 1.165) is 65.1 Å². The number of hydrogen-bond acceptors (Lipinski definition) is 6. The van der Waals surface area contributed by atoms with Crippen LogP contribution in [0.4, 0.5) is 0 Å². The van der Waals surface area contributed by atoms with Gasteiger partial charge in [0, 0.05) is 0 Å². The van der Waals surface area contributed by atoms with Crippen LogP contribution in [-0.2, 0) is 9.47 Å². The number of carbonyl (C=O) groups is 2. The van der Waals surface area contributed by atoms with Gasteiger partial charge in [-0.2, -0.15) is 0 Å². The van der Waals surface area contributed by atoms with Crippen LogP contribution in [-0.4, -0.2) is 26.2 Å². The summed E-state index contributed by atoms with van der Waals surface area (Å²) in [5.74, 6) is 0.998. The highest BCUT2D eigenvalue weighted by atomic mass is 32.2. The monoisotopic (exact) mass is 568 g/mol. The van der Waals surface area contributed by atoms with Crippen LogP contribution in [0.2, 0.25) is 0 Å². The van der Waals surface area contributed by atoms with E-state index in [4.69, 9.17) is 14.2 Å². The minimum atomic E-state index is -0.345. The van der Waals surface area contributed by atoms with Crippen molar-refractivity contribution in [3.05, 3.63) is 120 Å². The molecule has 204 valence electrons. The summed E-state index contributed by atoms with van der Waals surface area (Å²) in [5, 5.41) is 4.47. The molecule has 1 aliphatic rings. The molecule has 6 aromatic carbocycles. The van der Waals surface area contributed by atoms with Gasteiger partial charge in [-0.1, -0.05) is 72.4 Å². The van der Waals surface area contributed by atoms with Gasteiger partial charge < -0.3 is 14.2 Å². The van der Waals surface area contributed by atoms with E-state index < -0.39 is 0 Å². The molecule has 0 amide bonds. The maximum Gasteiger partial charge on any atom is 0.337 e. The topological polar surface area (TPSA) is 61.8 Å². The predicted molar refractivity (Wildman–Crippen MR) is 166 cm³/mol. The second kappa shape index (κ2) is 10.4. The molecule has 6 heteroatoms. The van der Waals surface area contributed by atoms with Crippen molar-refractivity contribution in [2.24, 2.45) is 0 Å². The first-order valence-electron chi connectivity index (χ1n) is 13.4. The summed E-state index contributed by atoms with van der Waals surface area (Å²) < 4.78 is 16.0. The largest absolute Gasteiger partial charge is 0.465 e. The summed E-state index contributed by atoms with van der Waals surface area (Å²) in [6.07, 6.45) is 0. The molecule has 0 aliphatic carbocycles. The zero-order valence-corrected chi connectivity index (χ0v) is 23.7. The lowest BCUT2D eigenvalue weighted by atomic mass is 9.99.